The van der Waals surface area contributed by atoms with E-state index >= 15 is 0 Å². The van der Waals surface area contributed by atoms with Gasteiger partial charge in [-0.2, -0.15) is 0 Å². The molecular weight excluding hydrogens is 194 g/mol. The van der Waals surface area contributed by atoms with Crippen molar-refractivity contribution in [3.63, 3.8) is 0 Å². The summed E-state index contributed by atoms with van der Waals surface area (Å²) in [6, 6.07) is 0.0835. The third-order valence-corrected chi connectivity index (χ3v) is 3.44. The van der Waals surface area contributed by atoms with Gasteiger partial charge in [-0.1, -0.05) is 0 Å². The number of carbonyl (C=O) groups is 2. The largest absolute Gasteiger partial charge is 0.465 e. The van der Waals surface area contributed by atoms with Crippen LogP contribution in [0.3, 0.4) is 0 Å². The highest BCUT2D eigenvalue weighted by molar-refractivity contribution is 5.84. The molecule has 1 N–H and O–H groups in total. The summed E-state index contributed by atoms with van der Waals surface area (Å²) in [5, 5.41) is 9.18. The highest BCUT2D eigenvalue weighted by atomic mass is 16.4. The lowest BCUT2D eigenvalue weighted by molar-refractivity contribution is -0.118. The van der Waals surface area contributed by atoms with Gasteiger partial charge in [-0.05, 0) is 32.6 Å². The van der Waals surface area contributed by atoms with Crippen LogP contribution in [0.5, 0.6) is 0 Å². The Balaban J connectivity index is 2.11. The molecule has 4 heteroatoms. The van der Waals surface area contributed by atoms with Crippen LogP contribution in [0.15, 0.2) is 0 Å². The van der Waals surface area contributed by atoms with E-state index in [1.54, 1.807) is 0 Å². The normalized spacial score (nSPS) is 33.8. The molecule has 0 aromatic heterocycles. The Labute approximate surface area is 89.3 Å². The molecule has 0 aliphatic heterocycles. The van der Waals surface area contributed by atoms with Crippen molar-refractivity contribution in [1.82, 2.24) is 4.90 Å². The van der Waals surface area contributed by atoms with E-state index in [1.807, 2.05) is 20.8 Å². The minimum atomic E-state index is -0.866. The first-order valence-corrected chi connectivity index (χ1v) is 5.36. The van der Waals surface area contributed by atoms with Gasteiger partial charge in [0.2, 0.25) is 0 Å². The Morgan fingerprint density at radius 1 is 1.33 bits per heavy atom. The van der Waals surface area contributed by atoms with Gasteiger partial charge in [0, 0.05) is 24.4 Å². The van der Waals surface area contributed by atoms with Gasteiger partial charge in [-0.3, -0.25) is 9.69 Å². The van der Waals surface area contributed by atoms with Gasteiger partial charge in [-0.25, -0.2) is 4.79 Å². The number of hydrogen-bond donors (Lipinski definition) is 1. The molecule has 3 atom stereocenters. The van der Waals surface area contributed by atoms with E-state index < -0.39 is 6.09 Å². The minimum Gasteiger partial charge on any atom is -0.465 e. The van der Waals surface area contributed by atoms with Crippen molar-refractivity contribution in [3.8, 4) is 0 Å². The molecule has 2 aliphatic carbocycles. The molecule has 2 aliphatic rings. The van der Waals surface area contributed by atoms with Crippen LogP contribution in [0.2, 0.25) is 0 Å². The van der Waals surface area contributed by atoms with Gasteiger partial charge in [0.05, 0.1) is 0 Å². The summed E-state index contributed by atoms with van der Waals surface area (Å²) >= 11 is 0. The molecule has 0 bridgehead atoms. The number of carbonyl (C=O) groups excluding carboxylic acids is 1. The number of rotatable bonds is 1. The first-order chi connectivity index (χ1) is 6.82. The molecule has 0 aromatic carbocycles. The van der Waals surface area contributed by atoms with E-state index in [-0.39, 0.29) is 11.6 Å². The lowest BCUT2D eigenvalue weighted by atomic mass is 10.0. The fraction of sp³-hybridized carbons (Fsp3) is 0.818. The van der Waals surface area contributed by atoms with Crippen LogP contribution >= 0.6 is 0 Å². The number of nitrogens with zero attached hydrogens (tertiary/aromatic N) is 1. The number of carboxylic acid groups (broad SMARTS) is 1. The minimum absolute atomic E-state index is 0.0835. The van der Waals surface area contributed by atoms with E-state index in [2.05, 4.69) is 0 Å². The monoisotopic (exact) mass is 211 g/mol. The molecule has 0 aromatic rings. The topological polar surface area (TPSA) is 57.6 Å². The second-order valence-corrected chi connectivity index (χ2v) is 5.59. The maximum absolute atomic E-state index is 11.2. The summed E-state index contributed by atoms with van der Waals surface area (Å²) in [6.07, 6.45) is 0.291. The fourth-order valence-electron chi connectivity index (χ4n) is 2.82. The standard InChI is InChI=1S/C11H17NO3/c1-11(2,3)12(10(14)15)9-7-4-6(13)5-8(7)9/h7-9H,4-5H2,1-3H3,(H,14,15)/t7-,8+,9?. The summed E-state index contributed by atoms with van der Waals surface area (Å²) in [6.45, 7) is 5.70. The van der Waals surface area contributed by atoms with Gasteiger partial charge in [0.1, 0.15) is 5.78 Å². The SMILES string of the molecule is CC(C)(C)N(C(=O)O)C1[C@H]2CC(=O)C[C@@H]12. The molecule has 1 amide bonds. The molecule has 15 heavy (non-hydrogen) atoms. The zero-order valence-electron chi connectivity index (χ0n) is 9.36. The molecule has 84 valence electrons. The van der Waals surface area contributed by atoms with Gasteiger partial charge < -0.3 is 5.11 Å². The van der Waals surface area contributed by atoms with Crippen molar-refractivity contribution in [2.24, 2.45) is 11.8 Å². The third kappa shape index (κ3) is 1.62. The van der Waals surface area contributed by atoms with E-state index in [0.29, 0.717) is 30.5 Å². The zero-order valence-corrected chi connectivity index (χ0v) is 9.36. The molecular formula is C11H17NO3. The van der Waals surface area contributed by atoms with E-state index in [4.69, 9.17) is 0 Å². The van der Waals surface area contributed by atoms with Crippen molar-refractivity contribution in [2.45, 2.75) is 45.2 Å². The molecule has 2 rings (SSSR count). The summed E-state index contributed by atoms with van der Waals surface area (Å²) in [5.41, 5.74) is -0.371. The van der Waals surface area contributed by atoms with E-state index in [1.165, 1.54) is 4.90 Å². The Bertz CT molecular complexity index is 304. The smallest absolute Gasteiger partial charge is 0.408 e. The quantitative estimate of drug-likeness (QED) is 0.718. The number of hydrogen-bond acceptors (Lipinski definition) is 2. The second kappa shape index (κ2) is 2.97. The summed E-state index contributed by atoms with van der Waals surface area (Å²) in [4.78, 5) is 23.8. The van der Waals surface area contributed by atoms with Crippen LogP contribution in [0.1, 0.15) is 33.6 Å². The summed E-state index contributed by atoms with van der Waals surface area (Å²) < 4.78 is 0. The number of fused-ring (bicyclic) bond motifs is 1. The van der Waals surface area contributed by atoms with Crippen molar-refractivity contribution in [3.05, 3.63) is 0 Å². The lowest BCUT2D eigenvalue weighted by Crippen LogP contribution is -2.48. The molecule has 0 spiro atoms. The van der Waals surface area contributed by atoms with Crippen molar-refractivity contribution in [2.75, 3.05) is 0 Å². The van der Waals surface area contributed by atoms with Gasteiger partial charge in [0.25, 0.3) is 0 Å². The predicted octanol–water partition coefficient (Wildman–Crippen LogP) is 1.74. The molecule has 0 heterocycles. The molecule has 2 saturated carbocycles. The van der Waals surface area contributed by atoms with Gasteiger partial charge >= 0.3 is 6.09 Å². The highest BCUT2D eigenvalue weighted by Crippen LogP contribution is 2.54. The third-order valence-electron chi connectivity index (χ3n) is 3.44. The molecule has 0 saturated heterocycles. The van der Waals surface area contributed by atoms with Crippen LogP contribution in [0.25, 0.3) is 0 Å². The lowest BCUT2D eigenvalue weighted by Gasteiger charge is -2.34. The van der Waals surface area contributed by atoms with E-state index in [0.717, 1.165) is 0 Å². The summed E-state index contributed by atoms with van der Waals surface area (Å²) in [5.74, 6) is 0.890. The van der Waals surface area contributed by atoms with Crippen LogP contribution in [0.4, 0.5) is 4.79 Å². The van der Waals surface area contributed by atoms with Crippen molar-refractivity contribution in [1.29, 1.82) is 0 Å². The van der Waals surface area contributed by atoms with Crippen LogP contribution in [-0.4, -0.2) is 33.5 Å². The average Bonchev–Trinajstić information content (AvgIpc) is 2.55. The van der Waals surface area contributed by atoms with Crippen LogP contribution in [-0.2, 0) is 4.79 Å². The first kappa shape index (κ1) is 10.5. The van der Waals surface area contributed by atoms with Crippen LogP contribution < -0.4 is 0 Å². The highest BCUT2D eigenvalue weighted by Gasteiger charge is 2.61. The van der Waals surface area contributed by atoms with Gasteiger partial charge in [-0.15, -0.1) is 0 Å². The zero-order chi connectivity index (χ0) is 11.4. The molecule has 0 radical (unpaired) electrons. The number of amides is 1. The van der Waals surface area contributed by atoms with E-state index in [9.17, 15) is 14.7 Å². The maximum atomic E-state index is 11.2. The summed E-state index contributed by atoms with van der Waals surface area (Å²) in [7, 11) is 0. The Morgan fingerprint density at radius 3 is 2.13 bits per heavy atom. The van der Waals surface area contributed by atoms with Crippen molar-refractivity contribution < 1.29 is 14.7 Å². The Morgan fingerprint density at radius 2 is 1.80 bits per heavy atom. The Kier molecular flexibility index (Phi) is 2.07. The molecule has 4 nitrogen and oxygen atoms in total. The number of Topliss-reactive ketones (excluding diaryl/α,β-unsaturated/α-hetero) is 1. The second-order valence-electron chi connectivity index (χ2n) is 5.59. The maximum Gasteiger partial charge on any atom is 0.408 e. The van der Waals surface area contributed by atoms with Crippen LogP contribution in [0, 0.1) is 11.8 Å². The molecule has 1 unspecified atom stereocenters. The average molecular weight is 211 g/mol. The predicted molar refractivity (Wildman–Crippen MR) is 54.6 cm³/mol. The molecule has 2 fully saturated rings. The van der Waals surface area contributed by atoms with Gasteiger partial charge in [0.15, 0.2) is 0 Å². The number of ketones is 1. The first-order valence-electron chi connectivity index (χ1n) is 5.36. The van der Waals surface area contributed by atoms with Crippen molar-refractivity contribution >= 4 is 11.9 Å². The Hall–Kier alpha value is -1.06. The fourth-order valence-corrected chi connectivity index (χ4v) is 2.82.